The van der Waals surface area contributed by atoms with E-state index in [0.717, 1.165) is 0 Å². The zero-order valence-electron chi connectivity index (χ0n) is 13.9. The van der Waals surface area contributed by atoms with Gasteiger partial charge in [0.2, 0.25) is 0 Å². The van der Waals surface area contributed by atoms with E-state index in [4.69, 9.17) is 5.73 Å². The minimum atomic E-state index is -0.415. The lowest BCUT2D eigenvalue weighted by atomic mass is 10.3. The van der Waals surface area contributed by atoms with Gasteiger partial charge in [-0.15, -0.1) is 0 Å². The Labute approximate surface area is 153 Å². The summed E-state index contributed by atoms with van der Waals surface area (Å²) >= 11 is 0. The third-order valence-electron chi connectivity index (χ3n) is 3.34. The number of pyridine rings is 2. The fraction of sp³-hybridized carbons (Fsp3) is 0. The Morgan fingerprint density at radius 3 is 2.04 bits per heavy atom. The first-order valence-electron chi connectivity index (χ1n) is 7.68. The molecule has 11 heteroatoms. The molecule has 0 aliphatic carbocycles. The molecule has 136 valence electrons. The highest BCUT2D eigenvalue weighted by Gasteiger charge is 2.11. The number of hydrogen-bond acceptors (Lipinski definition) is 9. The second-order valence-corrected chi connectivity index (χ2v) is 5.12. The number of anilines is 3. The number of nitrogens with zero attached hydrogens (tertiary/aromatic N) is 4. The first kappa shape index (κ1) is 17.5. The highest BCUT2D eigenvalue weighted by molar-refractivity contribution is 5.96. The van der Waals surface area contributed by atoms with E-state index >= 15 is 0 Å². The molecule has 0 atom stereocenters. The van der Waals surface area contributed by atoms with E-state index in [2.05, 4.69) is 41.6 Å². The minimum Gasteiger partial charge on any atom is -0.393 e. The van der Waals surface area contributed by atoms with Crippen LogP contribution in [0.4, 0.5) is 17.3 Å². The Kier molecular flexibility index (Phi) is 5.33. The molecule has 6 N–H and O–H groups in total. The van der Waals surface area contributed by atoms with Crippen LogP contribution in [-0.2, 0) is 0 Å². The quantitative estimate of drug-likeness (QED) is 0.389. The van der Waals surface area contributed by atoms with Crippen LogP contribution >= 0.6 is 0 Å². The van der Waals surface area contributed by atoms with Gasteiger partial charge < -0.3 is 5.73 Å². The lowest BCUT2D eigenvalue weighted by Crippen LogP contribution is -2.32. The van der Waals surface area contributed by atoms with Gasteiger partial charge in [-0.3, -0.25) is 41.3 Å². The Balaban J connectivity index is 1.62. The third kappa shape index (κ3) is 4.42. The summed E-state index contributed by atoms with van der Waals surface area (Å²) in [5.74, 6) is -0.496. The number of hydrogen-bond donors (Lipinski definition) is 5. The van der Waals surface area contributed by atoms with E-state index in [1.54, 1.807) is 30.5 Å². The molecule has 0 fully saturated rings. The number of hydrazine groups is 2. The SMILES string of the molecule is Nc1c(NNC(=O)c2ccncc2)ncnc1NNC(=O)c1cccnc1. The second kappa shape index (κ2) is 8.20. The van der Waals surface area contributed by atoms with Crippen LogP contribution in [0.15, 0.2) is 55.4 Å². The zero-order chi connectivity index (χ0) is 19.1. The maximum absolute atomic E-state index is 12.0. The van der Waals surface area contributed by atoms with E-state index in [-0.39, 0.29) is 17.3 Å². The molecule has 0 bridgehead atoms. The molecule has 3 heterocycles. The number of carbonyl (C=O) groups excluding carboxylic acids is 2. The van der Waals surface area contributed by atoms with Gasteiger partial charge in [-0.25, -0.2) is 9.97 Å². The third-order valence-corrected chi connectivity index (χ3v) is 3.34. The van der Waals surface area contributed by atoms with Crippen LogP contribution in [0.5, 0.6) is 0 Å². The largest absolute Gasteiger partial charge is 0.393 e. The van der Waals surface area contributed by atoms with Gasteiger partial charge in [0, 0.05) is 30.4 Å². The number of nitrogen functional groups attached to an aromatic ring is 1. The topological polar surface area (TPSA) is 160 Å². The van der Waals surface area contributed by atoms with E-state index in [1.807, 2.05) is 0 Å². The fourth-order valence-electron chi connectivity index (χ4n) is 1.97. The summed E-state index contributed by atoms with van der Waals surface area (Å²) in [6.45, 7) is 0. The number of aromatic nitrogens is 4. The number of carbonyl (C=O) groups is 2. The summed E-state index contributed by atoms with van der Waals surface area (Å²) in [4.78, 5) is 39.6. The molecule has 3 rings (SSSR count). The molecule has 0 saturated heterocycles. The number of amides is 2. The molecule has 27 heavy (non-hydrogen) atoms. The van der Waals surface area contributed by atoms with Crippen molar-refractivity contribution in [3.8, 4) is 0 Å². The molecule has 3 aromatic rings. The molecule has 0 saturated carbocycles. The highest BCUT2D eigenvalue weighted by atomic mass is 16.2. The average Bonchev–Trinajstić information content (AvgIpc) is 2.73. The van der Waals surface area contributed by atoms with Gasteiger partial charge in [-0.2, -0.15) is 0 Å². The van der Waals surface area contributed by atoms with Crippen LogP contribution in [0.1, 0.15) is 20.7 Å². The molecular formula is C16H15N9O2. The van der Waals surface area contributed by atoms with Gasteiger partial charge in [0.15, 0.2) is 11.6 Å². The predicted molar refractivity (Wildman–Crippen MR) is 97.1 cm³/mol. The summed E-state index contributed by atoms with van der Waals surface area (Å²) in [5, 5.41) is 0. The van der Waals surface area contributed by atoms with Crippen molar-refractivity contribution in [2.45, 2.75) is 0 Å². The van der Waals surface area contributed by atoms with Crippen LogP contribution in [0, 0.1) is 0 Å². The van der Waals surface area contributed by atoms with Crippen molar-refractivity contribution in [1.29, 1.82) is 0 Å². The normalized spacial score (nSPS) is 9.93. The predicted octanol–water partition coefficient (Wildman–Crippen LogP) is 0.363. The number of rotatable bonds is 6. The molecule has 0 aromatic carbocycles. The Morgan fingerprint density at radius 1 is 0.815 bits per heavy atom. The Morgan fingerprint density at radius 2 is 1.44 bits per heavy atom. The van der Waals surface area contributed by atoms with Crippen molar-refractivity contribution < 1.29 is 9.59 Å². The zero-order valence-corrected chi connectivity index (χ0v) is 13.9. The van der Waals surface area contributed by atoms with Crippen LogP contribution in [0.25, 0.3) is 0 Å². The first-order chi connectivity index (χ1) is 13.1. The van der Waals surface area contributed by atoms with Crippen molar-refractivity contribution in [3.05, 3.63) is 66.5 Å². The highest BCUT2D eigenvalue weighted by Crippen LogP contribution is 2.21. The maximum Gasteiger partial charge on any atom is 0.271 e. The molecule has 0 unspecified atom stereocenters. The Hall–Kier alpha value is -4.28. The molecule has 3 aromatic heterocycles. The fourth-order valence-corrected chi connectivity index (χ4v) is 1.97. The van der Waals surface area contributed by atoms with Crippen molar-refractivity contribution >= 4 is 29.1 Å². The molecule has 0 spiro atoms. The molecule has 11 nitrogen and oxygen atoms in total. The molecule has 0 aliphatic heterocycles. The van der Waals surface area contributed by atoms with Gasteiger partial charge in [-0.05, 0) is 24.3 Å². The van der Waals surface area contributed by atoms with Crippen molar-refractivity contribution in [2.24, 2.45) is 0 Å². The van der Waals surface area contributed by atoms with E-state index < -0.39 is 11.8 Å². The van der Waals surface area contributed by atoms with Gasteiger partial charge >= 0.3 is 0 Å². The maximum atomic E-state index is 12.0. The van der Waals surface area contributed by atoms with Gasteiger partial charge in [0.1, 0.15) is 12.0 Å². The molecule has 0 aliphatic rings. The van der Waals surface area contributed by atoms with Crippen LogP contribution in [-0.4, -0.2) is 31.8 Å². The first-order valence-corrected chi connectivity index (χ1v) is 7.68. The van der Waals surface area contributed by atoms with Crippen molar-refractivity contribution in [1.82, 2.24) is 30.8 Å². The minimum absolute atomic E-state index is 0.0963. The second-order valence-electron chi connectivity index (χ2n) is 5.12. The summed E-state index contributed by atoms with van der Waals surface area (Å²) in [6, 6.07) is 6.36. The lowest BCUT2D eigenvalue weighted by molar-refractivity contribution is 0.0954. The Bertz CT molecular complexity index is 861. The van der Waals surface area contributed by atoms with E-state index in [9.17, 15) is 9.59 Å². The van der Waals surface area contributed by atoms with Crippen LogP contribution in [0.3, 0.4) is 0 Å². The van der Waals surface area contributed by atoms with E-state index in [0.29, 0.717) is 11.1 Å². The average molecular weight is 365 g/mol. The summed E-state index contributed by atoms with van der Waals surface area (Å²) in [5.41, 5.74) is 17.0. The monoisotopic (exact) mass is 365 g/mol. The number of nitrogens with two attached hydrogens (primary N) is 1. The molecule has 2 amide bonds. The standard InChI is InChI=1S/C16H15N9O2/c17-12-13(22-24-15(26)10-3-6-18-7-4-10)20-9-21-14(12)23-25-16(27)11-2-1-5-19-8-11/h1-9H,17H2,(H,24,26)(H,25,27)(H2,20,21,22,23). The number of nitrogens with one attached hydrogen (secondary N) is 4. The van der Waals surface area contributed by atoms with Crippen molar-refractivity contribution in [3.63, 3.8) is 0 Å². The molecular weight excluding hydrogens is 350 g/mol. The smallest absolute Gasteiger partial charge is 0.271 e. The molecule has 0 radical (unpaired) electrons. The summed E-state index contributed by atoms with van der Waals surface area (Å²) < 4.78 is 0. The van der Waals surface area contributed by atoms with Crippen molar-refractivity contribution in [2.75, 3.05) is 16.6 Å². The van der Waals surface area contributed by atoms with Gasteiger partial charge in [-0.1, -0.05) is 0 Å². The van der Waals surface area contributed by atoms with Crippen LogP contribution in [0.2, 0.25) is 0 Å². The lowest BCUT2D eigenvalue weighted by Gasteiger charge is -2.13. The summed E-state index contributed by atoms with van der Waals surface area (Å²) in [6.07, 6.45) is 7.20. The summed E-state index contributed by atoms with van der Waals surface area (Å²) in [7, 11) is 0. The van der Waals surface area contributed by atoms with Crippen LogP contribution < -0.4 is 27.4 Å². The van der Waals surface area contributed by atoms with Gasteiger partial charge in [0.05, 0.1) is 5.56 Å². The van der Waals surface area contributed by atoms with Gasteiger partial charge in [0.25, 0.3) is 11.8 Å². The van der Waals surface area contributed by atoms with E-state index in [1.165, 1.54) is 24.9 Å².